The van der Waals surface area contributed by atoms with Gasteiger partial charge in [0.25, 0.3) is 0 Å². The summed E-state index contributed by atoms with van der Waals surface area (Å²) in [6.45, 7) is 2.66. The molecule has 0 bridgehead atoms. The molecular formula is C18H20ClNOS. The second kappa shape index (κ2) is 8.86. The van der Waals surface area contributed by atoms with E-state index in [1.54, 1.807) is 11.8 Å². The Balaban J connectivity index is 1.61. The molecule has 0 heterocycles. The molecule has 0 unspecified atom stereocenters. The van der Waals surface area contributed by atoms with Crippen molar-refractivity contribution in [3.05, 3.63) is 64.7 Å². The SMILES string of the molecule is Cc1ccc(CNC(=O)CCCSc2ccc(Cl)cc2)cc1. The molecule has 0 saturated heterocycles. The number of rotatable bonds is 7. The number of carbonyl (C=O) groups excluding carboxylic acids is 1. The average molecular weight is 334 g/mol. The van der Waals surface area contributed by atoms with Crippen LogP contribution in [0.3, 0.4) is 0 Å². The molecule has 0 fully saturated rings. The molecule has 2 aromatic rings. The monoisotopic (exact) mass is 333 g/mol. The molecule has 22 heavy (non-hydrogen) atoms. The molecule has 1 amide bonds. The molecule has 4 heteroatoms. The number of carbonyl (C=O) groups is 1. The molecule has 0 atom stereocenters. The molecule has 0 aliphatic heterocycles. The van der Waals surface area contributed by atoms with Gasteiger partial charge in [-0.05, 0) is 48.9 Å². The van der Waals surface area contributed by atoms with Crippen LogP contribution >= 0.6 is 23.4 Å². The van der Waals surface area contributed by atoms with Gasteiger partial charge in [0.1, 0.15) is 0 Å². The van der Waals surface area contributed by atoms with E-state index in [2.05, 4.69) is 24.4 Å². The number of hydrogen-bond acceptors (Lipinski definition) is 2. The largest absolute Gasteiger partial charge is 0.352 e. The predicted molar refractivity (Wildman–Crippen MR) is 94.4 cm³/mol. The van der Waals surface area contributed by atoms with E-state index in [0.29, 0.717) is 13.0 Å². The van der Waals surface area contributed by atoms with Crippen LogP contribution in [-0.4, -0.2) is 11.7 Å². The minimum absolute atomic E-state index is 0.109. The van der Waals surface area contributed by atoms with Crippen LogP contribution in [0.1, 0.15) is 24.0 Å². The molecule has 2 aromatic carbocycles. The summed E-state index contributed by atoms with van der Waals surface area (Å²) >= 11 is 7.59. The van der Waals surface area contributed by atoms with Gasteiger partial charge in [-0.2, -0.15) is 0 Å². The van der Waals surface area contributed by atoms with E-state index in [0.717, 1.165) is 22.8 Å². The summed E-state index contributed by atoms with van der Waals surface area (Å²) in [5.41, 5.74) is 2.36. The molecule has 0 aliphatic rings. The number of thioether (sulfide) groups is 1. The molecule has 2 rings (SSSR count). The third kappa shape index (κ3) is 6.12. The highest BCUT2D eigenvalue weighted by atomic mass is 35.5. The van der Waals surface area contributed by atoms with Gasteiger partial charge in [-0.15, -0.1) is 11.8 Å². The first-order chi connectivity index (χ1) is 10.6. The van der Waals surface area contributed by atoms with Crippen molar-refractivity contribution in [2.45, 2.75) is 31.2 Å². The van der Waals surface area contributed by atoms with E-state index < -0.39 is 0 Å². The maximum Gasteiger partial charge on any atom is 0.220 e. The molecule has 0 spiro atoms. The summed E-state index contributed by atoms with van der Waals surface area (Å²) < 4.78 is 0. The molecule has 0 radical (unpaired) electrons. The van der Waals surface area contributed by atoms with Crippen molar-refractivity contribution in [2.24, 2.45) is 0 Å². The maximum absolute atomic E-state index is 11.8. The van der Waals surface area contributed by atoms with E-state index in [4.69, 9.17) is 11.6 Å². The number of halogens is 1. The fourth-order valence-electron chi connectivity index (χ4n) is 1.95. The van der Waals surface area contributed by atoms with Crippen LogP contribution in [0, 0.1) is 6.92 Å². The van der Waals surface area contributed by atoms with Crippen molar-refractivity contribution in [1.82, 2.24) is 5.32 Å². The van der Waals surface area contributed by atoms with Gasteiger partial charge in [0, 0.05) is 22.9 Å². The quantitative estimate of drug-likeness (QED) is 0.580. The van der Waals surface area contributed by atoms with Crippen LogP contribution < -0.4 is 5.32 Å². The van der Waals surface area contributed by atoms with E-state index in [-0.39, 0.29) is 5.91 Å². The van der Waals surface area contributed by atoms with Crippen LogP contribution in [0.5, 0.6) is 0 Å². The Bertz CT molecular complexity index is 595. The molecule has 116 valence electrons. The van der Waals surface area contributed by atoms with Crippen molar-refractivity contribution >= 4 is 29.3 Å². The minimum Gasteiger partial charge on any atom is -0.352 e. The maximum atomic E-state index is 11.8. The predicted octanol–water partition coefficient (Wildman–Crippen LogP) is 4.84. The van der Waals surface area contributed by atoms with Crippen molar-refractivity contribution in [3.63, 3.8) is 0 Å². The summed E-state index contributed by atoms with van der Waals surface area (Å²) in [6.07, 6.45) is 1.43. The fraction of sp³-hybridized carbons (Fsp3) is 0.278. The number of aryl methyl sites for hydroxylation is 1. The third-order valence-electron chi connectivity index (χ3n) is 3.24. The Morgan fingerprint density at radius 3 is 2.45 bits per heavy atom. The van der Waals surface area contributed by atoms with Gasteiger partial charge in [0.05, 0.1) is 0 Å². The zero-order valence-electron chi connectivity index (χ0n) is 12.6. The van der Waals surface area contributed by atoms with Crippen molar-refractivity contribution in [3.8, 4) is 0 Å². The van der Waals surface area contributed by atoms with E-state index in [1.807, 2.05) is 36.4 Å². The average Bonchev–Trinajstić information content (AvgIpc) is 2.53. The zero-order valence-corrected chi connectivity index (χ0v) is 14.2. The highest BCUT2D eigenvalue weighted by Gasteiger charge is 2.02. The Morgan fingerprint density at radius 2 is 1.77 bits per heavy atom. The lowest BCUT2D eigenvalue weighted by Gasteiger charge is -2.06. The Morgan fingerprint density at radius 1 is 1.09 bits per heavy atom. The van der Waals surface area contributed by atoms with Gasteiger partial charge in [-0.25, -0.2) is 0 Å². The van der Waals surface area contributed by atoms with Crippen LogP contribution in [0.25, 0.3) is 0 Å². The number of benzene rings is 2. The molecule has 1 N–H and O–H groups in total. The summed E-state index contributed by atoms with van der Waals surface area (Å²) in [5.74, 6) is 1.04. The van der Waals surface area contributed by atoms with Gasteiger partial charge in [-0.1, -0.05) is 41.4 Å². The van der Waals surface area contributed by atoms with Gasteiger partial charge >= 0.3 is 0 Å². The Kier molecular flexibility index (Phi) is 6.81. The summed E-state index contributed by atoms with van der Waals surface area (Å²) in [7, 11) is 0. The van der Waals surface area contributed by atoms with Crippen molar-refractivity contribution in [1.29, 1.82) is 0 Å². The van der Waals surface area contributed by atoms with E-state index >= 15 is 0 Å². The highest BCUT2D eigenvalue weighted by Crippen LogP contribution is 2.21. The van der Waals surface area contributed by atoms with Crippen molar-refractivity contribution < 1.29 is 4.79 Å². The van der Waals surface area contributed by atoms with Crippen LogP contribution in [0.15, 0.2) is 53.4 Å². The lowest BCUT2D eigenvalue weighted by Crippen LogP contribution is -2.22. The lowest BCUT2D eigenvalue weighted by atomic mass is 10.1. The van der Waals surface area contributed by atoms with Gasteiger partial charge < -0.3 is 5.32 Å². The third-order valence-corrected chi connectivity index (χ3v) is 4.59. The van der Waals surface area contributed by atoms with Crippen molar-refractivity contribution in [2.75, 3.05) is 5.75 Å². The number of amides is 1. The van der Waals surface area contributed by atoms with Gasteiger partial charge in [0.15, 0.2) is 0 Å². The van der Waals surface area contributed by atoms with Gasteiger partial charge in [-0.3, -0.25) is 4.79 Å². The summed E-state index contributed by atoms with van der Waals surface area (Å²) in [5, 5.41) is 3.71. The molecule has 0 aromatic heterocycles. The second-order valence-corrected chi connectivity index (χ2v) is 6.77. The van der Waals surface area contributed by atoms with E-state index in [1.165, 1.54) is 10.5 Å². The fourth-order valence-corrected chi connectivity index (χ4v) is 2.93. The van der Waals surface area contributed by atoms with Crippen LogP contribution in [0.2, 0.25) is 5.02 Å². The number of hydrogen-bond donors (Lipinski definition) is 1. The molecule has 2 nitrogen and oxygen atoms in total. The van der Waals surface area contributed by atoms with E-state index in [9.17, 15) is 4.79 Å². The highest BCUT2D eigenvalue weighted by molar-refractivity contribution is 7.99. The second-order valence-electron chi connectivity index (χ2n) is 5.17. The Hall–Kier alpha value is -1.45. The topological polar surface area (TPSA) is 29.1 Å². The minimum atomic E-state index is 0.109. The first-order valence-corrected chi connectivity index (χ1v) is 8.70. The lowest BCUT2D eigenvalue weighted by molar-refractivity contribution is -0.121. The molecular weight excluding hydrogens is 314 g/mol. The molecule has 0 aliphatic carbocycles. The Labute approximate surface area is 141 Å². The zero-order chi connectivity index (χ0) is 15.8. The normalized spacial score (nSPS) is 10.5. The standard InChI is InChI=1S/C18H20ClNOS/c1-14-4-6-15(7-5-14)13-20-18(21)3-2-12-22-17-10-8-16(19)9-11-17/h4-11H,2-3,12-13H2,1H3,(H,20,21). The first-order valence-electron chi connectivity index (χ1n) is 7.34. The summed E-state index contributed by atoms with van der Waals surface area (Å²) in [6, 6.07) is 16.0. The smallest absolute Gasteiger partial charge is 0.220 e. The van der Waals surface area contributed by atoms with Crippen LogP contribution in [-0.2, 0) is 11.3 Å². The summed E-state index contributed by atoms with van der Waals surface area (Å²) in [4.78, 5) is 13.0. The first kappa shape index (κ1) is 16.9. The van der Waals surface area contributed by atoms with Gasteiger partial charge in [0.2, 0.25) is 5.91 Å². The number of nitrogens with one attached hydrogen (secondary N) is 1. The molecule has 0 saturated carbocycles. The van der Waals surface area contributed by atoms with Crippen LogP contribution in [0.4, 0.5) is 0 Å².